The standard InChI is InChI=1S/C11H13N3O4S/c15-4-7-3-14-8(12-7)1-2-13(11(14)17)9-6-19-10(5-16)18-9/h1-3,9-10,15-16H,4-6H2/t9-,10+/m0/s1. The van der Waals surface area contributed by atoms with Crippen LogP contribution in [0, 0.1) is 0 Å². The quantitative estimate of drug-likeness (QED) is 0.794. The summed E-state index contributed by atoms with van der Waals surface area (Å²) in [6.07, 6.45) is 2.75. The van der Waals surface area contributed by atoms with Crippen molar-refractivity contribution < 1.29 is 14.9 Å². The molecule has 0 spiro atoms. The Balaban J connectivity index is 2.01. The maximum Gasteiger partial charge on any atom is 0.336 e. The molecule has 0 bridgehead atoms. The first kappa shape index (κ1) is 12.7. The van der Waals surface area contributed by atoms with Gasteiger partial charge in [0.15, 0.2) is 0 Å². The van der Waals surface area contributed by atoms with Gasteiger partial charge in [0.05, 0.1) is 18.9 Å². The molecule has 2 aromatic heterocycles. The summed E-state index contributed by atoms with van der Waals surface area (Å²) in [6.45, 7) is -0.276. The lowest BCUT2D eigenvalue weighted by atomic mass is 10.5. The lowest BCUT2D eigenvalue weighted by Crippen LogP contribution is -2.30. The van der Waals surface area contributed by atoms with Gasteiger partial charge in [0.25, 0.3) is 0 Å². The number of aliphatic hydroxyl groups is 2. The van der Waals surface area contributed by atoms with Gasteiger partial charge in [0.2, 0.25) is 0 Å². The Kier molecular flexibility index (Phi) is 3.31. The largest absolute Gasteiger partial charge is 0.393 e. The predicted octanol–water partition coefficient (Wildman–Crippen LogP) is -0.431. The summed E-state index contributed by atoms with van der Waals surface area (Å²) in [5.74, 6) is 0.609. The summed E-state index contributed by atoms with van der Waals surface area (Å²) < 4.78 is 8.40. The van der Waals surface area contributed by atoms with E-state index in [2.05, 4.69) is 4.98 Å². The topological polar surface area (TPSA) is 89.0 Å². The fraction of sp³-hybridized carbons (Fsp3) is 0.455. The molecule has 2 atom stereocenters. The van der Waals surface area contributed by atoms with Crippen molar-refractivity contribution in [1.29, 1.82) is 0 Å². The van der Waals surface area contributed by atoms with Gasteiger partial charge in [-0.2, -0.15) is 0 Å². The number of aliphatic hydroxyl groups excluding tert-OH is 2. The maximum absolute atomic E-state index is 12.3. The van der Waals surface area contributed by atoms with Gasteiger partial charge < -0.3 is 14.9 Å². The zero-order valence-corrected chi connectivity index (χ0v) is 10.8. The van der Waals surface area contributed by atoms with Crippen molar-refractivity contribution in [3.05, 3.63) is 34.6 Å². The van der Waals surface area contributed by atoms with Gasteiger partial charge in [0.1, 0.15) is 17.3 Å². The molecule has 19 heavy (non-hydrogen) atoms. The molecule has 102 valence electrons. The molecular formula is C11H13N3O4S. The average molecular weight is 283 g/mol. The molecule has 1 saturated heterocycles. The highest BCUT2D eigenvalue weighted by Crippen LogP contribution is 2.30. The maximum atomic E-state index is 12.3. The van der Waals surface area contributed by atoms with Gasteiger partial charge >= 0.3 is 5.69 Å². The van der Waals surface area contributed by atoms with Crippen molar-refractivity contribution in [2.75, 3.05) is 12.4 Å². The summed E-state index contributed by atoms with van der Waals surface area (Å²) in [6, 6.07) is 1.70. The Morgan fingerprint density at radius 1 is 1.53 bits per heavy atom. The van der Waals surface area contributed by atoms with Crippen molar-refractivity contribution in [2.45, 2.75) is 18.3 Å². The Morgan fingerprint density at radius 3 is 3.05 bits per heavy atom. The van der Waals surface area contributed by atoms with Crippen LogP contribution in [0.5, 0.6) is 0 Å². The van der Waals surface area contributed by atoms with E-state index < -0.39 is 0 Å². The van der Waals surface area contributed by atoms with Crippen LogP contribution >= 0.6 is 11.8 Å². The van der Waals surface area contributed by atoms with E-state index in [-0.39, 0.29) is 30.6 Å². The van der Waals surface area contributed by atoms with Crippen molar-refractivity contribution in [3.63, 3.8) is 0 Å². The van der Waals surface area contributed by atoms with E-state index in [1.165, 1.54) is 26.9 Å². The molecule has 0 saturated carbocycles. The Morgan fingerprint density at radius 2 is 2.37 bits per heavy atom. The third-order valence-corrected chi connectivity index (χ3v) is 4.06. The fourth-order valence-corrected chi connectivity index (χ4v) is 2.96. The number of rotatable bonds is 3. The monoisotopic (exact) mass is 283 g/mol. The minimum Gasteiger partial charge on any atom is -0.393 e. The van der Waals surface area contributed by atoms with Crippen LogP contribution in [-0.2, 0) is 11.3 Å². The molecule has 2 N–H and O–H groups in total. The molecule has 3 heterocycles. The SMILES string of the molecule is O=c1n([C@@H]2CS[C@H](CO)O2)ccc2nc(CO)cn12. The lowest BCUT2D eigenvalue weighted by Gasteiger charge is -2.13. The van der Waals surface area contributed by atoms with Gasteiger partial charge in [-0.05, 0) is 6.07 Å². The molecule has 1 aliphatic rings. The molecule has 0 radical (unpaired) electrons. The van der Waals surface area contributed by atoms with Gasteiger partial charge in [-0.3, -0.25) is 8.97 Å². The van der Waals surface area contributed by atoms with Crippen LogP contribution in [0.25, 0.3) is 5.65 Å². The Labute approximate surface area is 112 Å². The number of nitrogens with zero attached hydrogens (tertiary/aromatic N) is 3. The van der Waals surface area contributed by atoms with Crippen molar-refractivity contribution in [3.8, 4) is 0 Å². The van der Waals surface area contributed by atoms with Crippen LogP contribution < -0.4 is 5.69 Å². The van der Waals surface area contributed by atoms with Crippen molar-refractivity contribution in [1.82, 2.24) is 14.0 Å². The molecule has 8 heteroatoms. The number of hydrogen-bond donors (Lipinski definition) is 2. The highest BCUT2D eigenvalue weighted by Gasteiger charge is 2.27. The van der Waals surface area contributed by atoms with E-state index in [4.69, 9.17) is 14.9 Å². The van der Waals surface area contributed by atoms with Gasteiger partial charge in [-0.15, -0.1) is 11.8 Å². The number of ether oxygens (including phenoxy) is 1. The molecule has 0 amide bonds. The number of hydrogen-bond acceptors (Lipinski definition) is 6. The van der Waals surface area contributed by atoms with E-state index in [0.29, 0.717) is 17.1 Å². The minimum absolute atomic E-state index is 0.0715. The highest BCUT2D eigenvalue weighted by atomic mass is 32.2. The molecular weight excluding hydrogens is 270 g/mol. The van der Waals surface area contributed by atoms with Gasteiger partial charge in [-0.25, -0.2) is 9.78 Å². The summed E-state index contributed by atoms with van der Waals surface area (Å²) >= 11 is 1.47. The van der Waals surface area contributed by atoms with Crippen molar-refractivity contribution in [2.24, 2.45) is 0 Å². The highest BCUT2D eigenvalue weighted by molar-refractivity contribution is 8.00. The van der Waals surface area contributed by atoms with Crippen LogP contribution in [0.4, 0.5) is 0 Å². The van der Waals surface area contributed by atoms with Crippen LogP contribution in [0.2, 0.25) is 0 Å². The van der Waals surface area contributed by atoms with E-state index in [1.807, 2.05) is 0 Å². The summed E-state index contributed by atoms with van der Waals surface area (Å²) in [4.78, 5) is 16.4. The Bertz CT molecular complexity index is 653. The van der Waals surface area contributed by atoms with Crippen molar-refractivity contribution >= 4 is 17.4 Å². The van der Waals surface area contributed by atoms with E-state index >= 15 is 0 Å². The average Bonchev–Trinajstić information content (AvgIpc) is 3.05. The number of fused-ring (bicyclic) bond motifs is 1. The fourth-order valence-electron chi connectivity index (χ4n) is 2.03. The van der Waals surface area contributed by atoms with E-state index in [9.17, 15) is 4.79 Å². The third kappa shape index (κ3) is 2.16. The molecule has 2 aromatic rings. The minimum atomic E-state index is -0.390. The first-order valence-corrected chi connectivity index (χ1v) is 6.85. The van der Waals surface area contributed by atoms with Gasteiger partial charge in [0, 0.05) is 18.1 Å². The number of aromatic nitrogens is 3. The Hall–Kier alpha value is -1.35. The zero-order valence-electron chi connectivity index (χ0n) is 9.97. The second-order valence-corrected chi connectivity index (χ2v) is 5.35. The second kappa shape index (κ2) is 4.97. The first-order chi connectivity index (χ1) is 9.22. The van der Waals surface area contributed by atoms with Gasteiger partial charge in [-0.1, -0.05) is 0 Å². The molecule has 7 nitrogen and oxygen atoms in total. The third-order valence-electron chi connectivity index (χ3n) is 2.95. The van der Waals surface area contributed by atoms with Crippen LogP contribution in [0.15, 0.2) is 23.3 Å². The zero-order chi connectivity index (χ0) is 13.4. The summed E-state index contributed by atoms with van der Waals surface area (Å²) in [5.41, 5.74) is 0.386. The first-order valence-electron chi connectivity index (χ1n) is 5.81. The summed E-state index contributed by atoms with van der Waals surface area (Å²) in [5, 5.41) is 18.1. The number of thioether (sulfide) groups is 1. The molecule has 1 fully saturated rings. The number of imidazole rings is 1. The second-order valence-electron chi connectivity index (χ2n) is 4.16. The predicted molar refractivity (Wildman–Crippen MR) is 68.8 cm³/mol. The molecule has 0 aliphatic carbocycles. The van der Waals surface area contributed by atoms with Crippen LogP contribution in [0.3, 0.4) is 0 Å². The summed E-state index contributed by atoms with van der Waals surface area (Å²) in [7, 11) is 0. The lowest BCUT2D eigenvalue weighted by molar-refractivity contribution is -0.00647. The molecule has 0 aromatic carbocycles. The molecule has 1 aliphatic heterocycles. The van der Waals surface area contributed by atoms with Crippen LogP contribution in [-0.4, -0.2) is 42.0 Å². The normalized spacial score (nSPS) is 23.3. The van der Waals surface area contributed by atoms with E-state index in [0.717, 1.165) is 0 Å². The molecule has 0 unspecified atom stereocenters. The van der Waals surface area contributed by atoms with E-state index in [1.54, 1.807) is 12.3 Å². The smallest absolute Gasteiger partial charge is 0.336 e. The van der Waals surface area contributed by atoms with Crippen LogP contribution in [0.1, 0.15) is 11.9 Å². The molecule has 3 rings (SSSR count).